The maximum Gasteiger partial charge on any atom is 0.356 e. The number of imide groups is 1. The van der Waals surface area contributed by atoms with Crippen LogP contribution in [0.5, 0.6) is 0 Å². The lowest BCUT2D eigenvalue weighted by atomic mass is 10.0. The maximum atomic E-state index is 13.0. The van der Waals surface area contributed by atoms with Crippen molar-refractivity contribution in [1.29, 1.82) is 0 Å². The number of hydrogen-bond acceptors (Lipinski definition) is 8. The van der Waals surface area contributed by atoms with E-state index in [-0.39, 0.29) is 42.6 Å². The summed E-state index contributed by atoms with van der Waals surface area (Å²) in [5.41, 5.74) is 2.54. The van der Waals surface area contributed by atoms with Crippen LogP contribution in [0, 0.1) is 0 Å². The third-order valence-corrected chi connectivity index (χ3v) is 5.57. The molecule has 0 radical (unpaired) electrons. The van der Waals surface area contributed by atoms with Crippen molar-refractivity contribution in [3.05, 3.63) is 47.5 Å². The third kappa shape index (κ3) is 3.04. The number of nitrogens with one attached hydrogen (secondary N) is 2. The summed E-state index contributed by atoms with van der Waals surface area (Å²) in [7, 11) is 1.27. The molecule has 12 nitrogen and oxygen atoms in total. The van der Waals surface area contributed by atoms with E-state index in [2.05, 4.69) is 25.6 Å². The van der Waals surface area contributed by atoms with Crippen LogP contribution in [0.1, 0.15) is 39.3 Å². The molecule has 162 valence electrons. The van der Waals surface area contributed by atoms with Crippen molar-refractivity contribution < 1.29 is 23.9 Å². The molecule has 12 heteroatoms. The molecular weight excluding hydrogens is 418 g/mol. The van der Waals surface area contributed by atoms with E-state index < -0.39 is 17.9 Å². The molecule has 0 bridgehead atoms. The highest BCUT2D eigenvalue weighted by atomic mass is 16.5. The van der Waals surface area contributed by atoms with Gasteiger partial charge in [-0.05, 0) is 18.6 Å². The van der Waals surface area contributed by atoms with Crippen molar-refractivity contribution in [3.8, 4) is 17.1 Å². The number of carbonyl (C=O) groups is 4. The number of amides is 3. The molecule has 0 saturated carbocycles. The average Bonchev–Trinajstić information content (AvgIpc) is 3.52. The van der Waals surface area contributed by atoms with Crippen LogP contribution in [0.3, 0.4) is 0 Å². The third-order valence-electron chi connectivity index (χ3n) is 5.57. The summed E-state index contributed by atoms with van der Waals surface area (Å²) in [5.74, 6) is -1.67. The summed E-state index contributed by atoms with van der Waals surface area (Å²) >= 11 is 0. The molecule has 0 aliphatic carbocycles. The van der Waals surface area contributed by atoms with Gasteiger partial charge in [-0.25, -0.2) is 14.5 Å². The molecule has 2 aromatic heterocycles. The van der Waals surface area contributed by atoms with Crippen LogP contribution in [0.2, 0.25) is 0 Å². The Morgan fingerprint density at radius 3 is 2.88 bits per heavy atom. The highest BCUT2D eigenvalue weighted by Crippen LogP contribution is 2.31. The summed E-state index contributed by atoms with van der Waals surface area (Å²) in [6.45, 7) is 0.196. The molecule has 1 fully saturated rings. The molecule has 2 N–H and O–H groups in total. The van der Waals surface area contributed by atoms with Crippen LogP contribution in [0.15, 0.2) is 30.7 Å². The van der Waals surface area contributed by atoms with Gasteiger partial charge in [-0.2, -0.15) is 0 Å². The smallest absolute Gasteiger partial charge is 0.356 e. The fraction of sp³-hybridized carbons (Fsp3) is 0.250. The van der Waals surface area contributed by atoms with Crippen molar-refractivity contribution in [2.75, 3.05) is 7.11 Å². The lowest BCUT2D eigenvalue weighted by Crippen LogP contribution is -2.52. The van der Waals surface area contributed by atoms with E-state index in [1.54, 1.807) is 24.4 Å². The zero-order valence-corrected chi connectivity index (χ0v) is 16.9. The van der Waals surface area contributed by atoms with Crippen molar-refractivity contribution in [3.63, 3.8) is 0 Å². The van der Waals surface area contributed by atoms with E-state index in [4.69, 9.17) is 4.74 Å². The minimum Gasteiger partial charge on any atom is -0.464 e. The predicted octanol–water partition coefficient (Wildman–Crippen LogP) is 0.205. The quantitative estimate of drug-likeness (QED) is 0.436. The monoisotopic (exact) mass is 435 g/mol. The van der Waals surface area contributed by atoms with E-state index in [0.29, 0.717) is 22.5 Å². The first-order valence-corrected chi connectivity index (χ1v) is 9.79. The highest BCUT2D eigenvalue weighted by Gasteiger charge is 2.40. The first-order chi connectivity index (χ1) is 15.5. The van der Waals surface area contributed by atoms with E-state index in [9.17, 15) is 19.2 Å². The SMILES string of the molecule is COC(=O)c1[nH]cnc1-c1cn(-c2cccc3c2CN(C2CCC(=O)NC2=O)C3=O)nn1. The number of fused-ring (bicyclic) bond motifs is 1. The predicted molar refractivity (Wildman–Crippen MR) is 106 cm³/mol. The number of piperidine rings is 1. The standard InChI is InChI=1S/C20H17N7O5/c1-32-20(31)17-16(21-9-22-17)12-8-27(25-24-12)13-4-2-3-10-11(13)7-26(19(10)30)14-5-6-15(28)23-18(14)29/h2-4,8-9,14H,5-7H2,1H3,(H,21,22)(H,23,28,29). The summed E-state index contributed by atoms with van der Waals surface area (Å²) in [5, 5.41) is 10.5. The molecule has 1 aromatic carbocycles. The number of carbonyl (C=O) groups excluding carboxylic acids is 4. The zero-order chi connectivity index (χ0) is 22.4. The van der Waals surface area contributed by atoms with Gasteiger partial charge in [0.15, 0.2) is 5.69 Å². The number of ether oxygens (including phenoxy) is 1. The Hall–Kier alpha value is -4.35. The van der Waals surface area contributed by atoms with Crippen LogP contribution < -0.4 is 5.32 Å². The van der Waals surface area contributed by atoms with E-state index in [1.165, 1.54) is 23.0 Å². The van der Waals surface area contributed by atoms with Crippen LogP contribution in [-0.2, 0) is 20.9 Å². The molecule has 32 heavy (non-hydrogen) atoms. The Labute approximate surface area is 180 Å². The number of imidazole rings is 1. The lowest BCUT2D eigenvalue weighted by Gasteiger charge is -2.29. The molecule has 1 unspecified atom stereocenters. The van der Waals surface area contributed by atoms with Gasteiger partial charge in [0.25, 0.3) is 5.91 Å². The van der Waals surface area contributed by atoms with Gasteiger partial charge in [0.05, 0.1) is 25.3 Å². The highest BCUT2D eigenvalue weighted by molar-refractivity contribution is 6.05. The number of aromatic nitrogens is 5. The van der Waals surface area contributed by atoms with Gasteiger partial charge in [0.1, 0.15) is 17.4 Å². The molecule has 0 spiro atoms. The molecule has 3 amide bonds. The Bertz CT molecular complexity index is 1280. The summed E-state index contributed by atoms with van der Waals surface area (Å²) < 4.78 is 6.23. The lowest BCUT2D eigenvalue weighted by molar-refractivity contribution is -0.136. The first-order valence-electron chi connectivity index (χ1n) is 9.79. The number of H-pyrrole nitrogens is 1. The van der Waals surface area contributed by atoms with Gasteiger partial charge in [0, 0.05) is 24.1 Å². The molecule has 4 heterocycles. The van der Waals surface area contributed by atoms with Crippen LogP contribution in [0.4, 0.5) is 0 Å². The number of esters is 1. The number of aromatic amines is 1. The van der Waals surface area contributed by atoms with Gasteiger partial charge in [-0.3, -0.25) is 19.7 Å². The van der Waals surface area contributed by atoms with Crippen molar-refractivity contribution in [2.45, 2.75) is 25.4 Å². The van der Waals surface area contributed by atoms with Crippen molar-refractivity contribution in [2.24, 2.45) is 0 Å². The molecular formula is C20H17N7O5. The van der Waals surface area contributed by atoms with Crippen LogP contribution in [0.25, 0.3) is 17.1 Å². The number of benzene rings is 1. The molecule has 3 aromatic rings. The van der Waals surface area contributed by atoms with E-state index >= 15 is 0 Å². The van der Waals surface area contributed by atoms with Crippen LogP contribution >= 0.6 is 0 Å². The Morgan fingerprint density at radius 2 is 2.09 bits per heavy atom. The molecule has 1 saturated heterocycles. The van der Waals surface area contributed by atoms with Gasteiger partial charge < -0.3 is 14.6 Å². The average molecular weight is 435 g/mol. The van der Waals surface area contributed by atoms with E-state index in [0.717, 1.165) is 0 Å². The number of nitrogens with zero attached hydrogens (tertiary/aromatic N) is 5. The number of rotatable bonds is 4. The van der Waals surface area contributed by atoms with Gasteiger partial charge in [-0.1, -0.05) is 11.3 Å². The fourth-order valence-electron chi connectivity index (χ4n) is 4.02. The van der Waals surface area contributed by atoms with Gasteiger partial charge >= 0.3 is 5.97 Å². The minimum absolute atomic E-state index is 0.150. The zero-order valence-electron chi connectivity index (χ0n) is 16.9. The van der Waals surface area contributed by atoms with Crippen molar-refractivity contribution in [1.82, 2.24) is 35.2 Å². The Kier molecular flexibility index (Phi) is 4.54. The summed E-state index contributed by atoms with van der Waals surface area (Å²) in [6.07, 6.45) is 3.42. The first kappa shape index (κ1) is 19.6. The van der Waals surface area contributed by atoms with Crippen molar-refractivity contribution >= 4 is 23.7 Å². The number of hydrogen-bond donors (Lipinski definition) is 2. The molecule has 2 aliphatic rings. The van der Waals surface area contributed by atoms with E-state index in [1.807, 2.05) is 0 Å². The normalized spacial score (nSPS) is 18.0. The molecule has 2 aliphatic heterocycles. The Morgan fingerprint density at radius 1 is 1.25 bits per heavy atom. The van der Waals surface area contributed by atoms with Gasteiger partial charge in [0.2, 0.25) is 11.8 Å². The summed E-state index contributed by atoms with van der Waals surface area (Å²) in [6, 6.07) is 4.48. The minimum atomic E-state index is -0.710. The molecule has 1 atom stereocenters. The molecule has 5 rings (SSSR count). The van der Waals surface area contributed by atoms with Crippen LogP contribution in [-0.4, -0.2) is 66.7 Å². The fourth-order valence-corrected chi connectivity index (χ4v) is 4.02. The van der Waals surface area contributed by atoms with Gasteiger partial charge in [-0.15, -0.1) is 5.10 Å². The topological polar surface area (TPSA) is 152 Å². The summed E-state index contributed by atoms with van der Waals surface area (Å²) in [4.78, 5) is 57.0. The number of methoxy groups -OCH3 is 1. The maximum absolute atomic E-state index is 13.0. The second-order valence-corrected chi connectivity index (χ2v) is 7.37. The largest absolute Gasteiger partial charge is 0.464 e. The second kappa shape index (κ2) is 7.41. The Balaban J connectivity index is 1.48. The second-order valence-electron chi connectivity index (χ2n) is 7.37.